The number of carbonyl (C=O) groups is 2. The van der Waals surface area contributed by atoms with Crippen molar-refractivity contribution in [3.05, 3.63) is 29.8 Å². The lowest BCUT2D eigenvalue weighted by Gasteiger charge is -2.17. The molecule has 1 aromatic rings. The summed E-state index contributed by atoms with van der Waals surface area (Å²) in [6, 6.07) is 4.62. The van der Waals surface area contributed by atoms with Gasteiger partial charge in [0.1, 0.15) is 11.8 Å². The lowest BCUT2D eigenvalue weighted by Crippen LogP contribution is -2.49. The Bertz CT molecular complexity index is 478. The number of aliphatic carboxylic acids is 1. The highest BCUT2D eigenvalue weighted by Crippen LogP contribution is 2.11. The van der Waals surface area contributed by atoms with Crippen molar-refractivity contribution in [2.45, 2.75) is 24.9 Å². The van der Waals surface area contributed by atoms with E-state index in [1.165, 1.54) is 23.9 Å². The summed E-state index contributed by atoms with van der Waals surface area (Å²) < 4.78 is 0. The predicted molar refractivity (Wildman–Crippen MR) is 82.4 cm³/mol. The molecule has 7 heteroatoms. The van der Waals surface area contributed by atoms with Gasteiger partial charge in [-0.1, -0.05) is 12.1 Å². The molecule has 1 rings (SSSR count). The topological polar surface area (TPSA) is 113 Å². The number of phenolic OH excluding ortho intramolecular Hbond substituents is 1. The Balaban J connectivity index is 2.56. The molecule has 0 saturated carbocycles. The molecule has 116 valence electrons. The number of phenols is 1. The van der Waals surface area contributed by atoms with Crippen LogP contribution in [0.15, 0.2) is 24.3 Å². The highest BCUT2D eigenvalue weighted by Gasteiger charge is 2.22. The van der Waals surface area contributed by atoms with Crippen molar-refractivity contribution < 1.29 is 19.8 Å². The molecule has 0 heterocycles. The van der Waals surface area contributed by atoms with Crippen LogP contribution in [0.4, 0.5) is 0 Å². The summed E-state index contributed by atoms with van der Waals surface area (Å²) in [7, 11) is 0. The number of nitrogens with one attached hydrogen (secondary N) is 1. The van der Waals surface area contributed by atoms with Crippen LogP contribution in [0.5, 0.6) is 5.75 Å². The van der Waals surface area contributed by atoms with Crippen molar-refractivity contribution in [2.75, 3.05) is 12.0 Å². The van der Waals surface area contributed by atoms with Gasteiger partial charge in [-0.25, -0.2) is 4.79 Å². The Labute approximate surface area is 127 Å². The molecular weight excluding hydrogens is 292 g/mol. The van der Waals surface area contributed by atoms with Crippen molar-refractivity contribution in [3.63, 3.8) is 0 Å². The summed E-state index contributed by atoms with van der Waals surface area (Å²) in [5, 5.41) is 20.7. The molecule has 21 heavy (non-hydrogen) atoms. The van der Waals surface area contributed by atoms with Gasteiger partial charge in [-0.05, 0) is 42.5 Å². The van der Waals surface area contributed by atoms with E-state index in [9.17, 15) is 14.7 Å². The Kier molecular flexibility index (Phi) is 7.04. The van der Waals surface area contributed by atoms with E-state index in [-0.39, 0.29) is 12.2 Å². The summed E-state index contributed by atoms with van der Waals surface area (Å²) in [4.78, 5) is 23.0. The predicted octanol–water partition coefficient (Wildman–Crippen LogP) is 0.584. The van der Waals surface area contributed by atoms with Crippen molar-refractivity contribution in [2.24, 2.45) is 5.73 Å². The van der Waals surface area contributed by atoms with Crippen LogP contribution in [0.2, 0.25) is 0 Å². The van der Waals surface area contributed by atoms with Gasteiger partial charge in [0.25, 0.3) is 0 Å². The van der Waals surface area contributed by atoms with Crippen LogP contribution in [-0.4, -0.2) is 46.2 Å². The lowest BCUT2D eigenvalue weighted by atomic mass is 10.1. The van der Waals surface area contributed by atoms with E-state index < -0.39 is 24.0 Å². The zero-order valence-electron chi connectivity index (χ0n) is 11.8. The van der Waals surface area contributed by atoms with Gasteiger partial charge in [0.05, 0.1) is 6.04 Å². The van der Waals surface area contributed by atoms with E-state index in [0.717, 1.165) is 5.56 Å². The largest absolute Gasteiger partial charge is 0.508 e. The van der Waals surface area contributed by atoms with Gasteiger partial charge in [-0.15, -0.1) is 0 Å². The standard InChI is InChI=1S/C14H20N2O4S/c1-21-7-6-12(14(19)20)16-13(18)11(15)8-9-2-4-10(17)5-3-9/h2-5,11-12,17H,6-8,15H2,1H3,(H,16,18)(H,19,20)/t11-,12?/m1/s1. The maximum atomic E-state index is 11.9. The van der Waals surface area contributed by atoms with E-state index in [1.54, 1.807) is 12.1 Å². The minimum Gasteiger partial charge on any atom is -0.508 e. The molecule has 5 N–H and O–H groups in total. The summed E-state index contributed by atoms with van der Waals surface area (Å²) >= 11 is 1.52. The van der Waals surface area contributed by atoms with Crippen LogP contribution in [0.1, 0.15) is 12.0 Å². The Morgan fingerprint density at radius 3 is 2.48 bits per heavy atom. The number of carboxylic acids is 1. The first-order chi connectivity index (χ1) is 9.93. The number of hydrogen-bond acceptors (Lipinski definition) is 5. The number of benzene rings is 1. The molecular formula is C14H20N2O4S. The number of carbonyl (C=O) groups excluding carboxylic acids is 1. The molecule has 0 radical (unpaired) electrons. The second-order valence-electron chi connectivity index (χ2n) is 4.66. The first kappa shape index (κ1) is 17.3. The third kappa shape index (κ3) is 6.05. The van der Waals surface area contributed by atoms with Crippen LogP contribution in [0, 0.1) is 0 Å². The Morgan fingerprint density at radius 1 is 1.33 bits per heavy atom. The lowest BCUT2D eigenvalue weighted by molar-refractivity contribution is -0.142. The van der Waals surface area contributed by atoms with E-state index in [2.05, 4.69) is 5.32 Å². The van der Waals surface area contributed by atoms with Crippen molar-refractivity contribution in [1.82, 2.24) is 5.32 Å². The van der Waals surface area contributed by atoms with Crippen LogP contribution in [0.25, 0.3) is 0 Å². The fourth-order valence-corrected chi connectivity index (χ4v) is 2.22. The molecule has 6 nitrogen and oxygen atoms in total. The minimum atomic E-state index is -1.06. The average Bonchev–Trinajstić information content (AvgIpc) is 2.45. The average molecular weight is 312 g/mol. The van der Waals surface area contributed by atoms with E-state index in [4.69, 9.17) is 10.8 Å². The quantitative estimate of drug-likeness (QED) is 0.559. The van der Waals surface area contributed by atoms with Gasteiger partial charge in [0.15, 0.2) is 0 Å². The van der Waals surface area contributed by atoms with E-state index in [1.807, 2.05) is 6.26 Å². The number of aromatic hydroxyl groups is 1. The fraction of sp³-hybridized carbons (Fsp3) is 0.429. The normalized spacial score (nSPS) is 13.4. The first-order valence-electron chi connectivity index (χ1n) is 6.49. The smallest absolute Gasteiger partial charge is 0.326 e. The fourth-order valence-electron chi connectivity index (χ4n) is 1.75. The Morgan fingerprint density at radius 2 is 1.95 bits per heavy atom. The number of nitrogens with two attached hydrogens (primary N) is 1. The summed E-state index contributed by atoms with van der Waals surface area (Å²) in [5.41, 5.74) is 6.59. The van der Waals surface area contributed by atoms with E-state index in [0.29, 0.717) is 12.2 Å². The number of thioether (sulfide) groups is 1. The Hall–Kier alpha value is -1.73. The third-order valence-electron chi connectivity index (χ3n) is 2.95. The number of rotatable bonds is 8. The summed E-state index contributed by atoms with van der Waals surface area (Å²) in [6.07, 6.45) is 2.51. The summed E-state index contributed by atoms with van der Waals surface area (Å²) in [6.45, 7) is 0. The molecule has 0 aliphatic carbocycles. The van der Waals surface area contributed by atoms with Gasteiger partial charge in [-0.3, -0.25) is 4.79 Å². The van der Waals surface area contributed by atoms with Crippen molar-refractivity contribution >= 4 is 23.6 Å². The molecule has 0 fully saturated rings. The molecule has 1 unspecified atom stereocenters. The van der Waals surface area contributed by atoms with Gasteiger partial charge in [0.2, 0.25) is 5.91 Å². The second-order valence-corrected chi connectivity index (χ2v) is 5.64. The van der Waals surface area contributed by atoms with Gasteiger partial charge < -0.3 is 21.3 Å². The van der Waals surface area contributed by atoms with Crippen molar-refractivity contribution in [1.29, 1.82) is 0 Å². The number of carboxylic acid groups (broad SMARTS) is 1. The molecule has 0 aliphatic heterocycles. The maximum Gasteiger partial charge on any atom is 0.326 e. The summed E-state index contributed by atoms with van der Waals surface area (Å²) in [5.74, 6) is -0.768. The van der Waals surface area contributed by atoms with Gasteiger partial charge in [-0.2, -0.15) is 11.8 Å². The minimum absolute atomic E-state index is 0.139. The second kappa shape index (κ2) is 8.53. The third-order valence-corrected chi connectivity index (χ3v) is 3.60. The van der Waals surface area contributed by atoms with Gasteiger partial charge >= 0.3 is 5.97 Å². The monoisotopic (exact) mass is 312 g/mol. The molecule has 0 aromatic heterocycles. The highest BCUT2D eigenvalue weighted by atomic mass is 32.2. The highest BCUT2D eigenvalue weighted by molar-refractivity contribution is 7.98. The number of amides is 1. The maximum absolute atomic E-state index is 11.9. The van der Waals surface area contributed by atoms with Gasteiger partial charge in [0, 0.05) is 0 Å². The van der Waals surface area contributed by atoms with Crippen LogP contribution < -0.4 is 11.1 Å². The number of hydrogen-bond donors (Lipinski definition) is 4. The molecule has 2 atom stereocenters. The molecule has 1 amide bonds. The molecule has 0 spiro atoms. The molecule has 1 aromatic carbocycles. The zero-order valence-corrected chi connectivity index (χ0v) is 12.6. The molecule has 0 saturated heterocycles. The SMILES string of the molecule is CSCCC(NC(=O)[C@H](N)Cc1ccc(O)cc1)C(=O)O. The van der Waals surface area contributed by atoms with Crippen LogP contribution >= 0.6 is 11.8 Å². The molecule has 0 bridgehead atoms. The van der Waals surface area contributed by atoms with E-state index >= 15 is 0 Å². The van der Waals surface area contributed by atoms with Crippen LogP contribution in [0.3, 0.4) is 0 Å². The first-order valence-corrected chi connectivity index (χ1v) is 7.89. The zero-order chi connectivity index (χ0) is 15.8. The van der Waals surface area contributed by atoms with Crippen molar-refractivity contribution in [3.8, 4) is 5.75 Å². The van der Waals surface area contributed by atoms with Crippen LogP contribution in [-0.2, 0) is 16.0 Å². The molecule has 0 aliphatic rings.